The van der Waals surface area contributed by atoms with E-state index in [4.69, 9.17) is 0 Å². The van der Waals surface area contributed by atoms with Crippen molar-refractivity contribution in [1.29, 1.82) is 0 Å². The Hall–Kier alpha value is -1.84. The zero-order valence-corrected chi connectivity index (χ0v) is 13.4. The van der Waals surface area contributed by atoms with E-state index < -0.39 is 0 Å². The summed E-state index contributed by atoms with van der Waals surface area (Å²) < 4.78 is 0. The van der Waals surface area contributed by atoms with Gasteiger partial charge < -0.3 is 10.2 Å². The predicted octanol–water partition coefficient (Wildman–Crippen LogP) is 3.32. The van der Waals surface area contributed by atoms with Gasteiger partial charge in [0.15, 0.2) is 0 Å². The summed E-state index contributed by atoms with van der Waals surface area (Å²) in [4.78, 5) is 26.5. The first kappa shape index (κ1) is 15.1. The number of carbonyl (C=O) groups is 2. The van der Waals surface area contributed by atoms with Gasteiger partial charge in [0.05, 0.1) is 0 Å². The maximum atomic E-state index is 12.8. The number of anilines is 1. The second-order valence-corrected chi connectivity index (χ2v) is 7.08. The number of fused-ring (bicyclic) bond motifs is 1. The number of likely N-dealkylation sites (tertiary alicyclic amines) is 1. The molecule has 22 heavy (non-hydrogen) atoms. The predicted molar refractivity (Wildman–Crippen MR) is 87.1 cm³/mol. The van der Waals surface area contributed by atoms with Crippen molar-refractivity contribution in [2.75, 3.05) is 18.4 Å². The minimum atomic E-state index is -0.229. The van der Waals surface area contributed by atoms with Crippen LogP contribution in [-0.2, 0) is 10.2 Å². The number of amides is 2. The fourth-order valence-electron chi connectivity index (χ4n) is 3.49. The van der Waals surface area contributed by atoms with Gasteiger partial charge in [-0.05, 0) is 36.6 Å². The molecule has 0 bridgehead atoms. The van der Waals surface area contributed by atoms with Crippen LogP contribution in [0.5, 0.6) is 0 Å². The van der Waals surface area contributed by atoms with Crippen molar-refractivity contribution < 1.29 is 9.59 Å². The summed E-state index contributed by atoms with van der Waals surface area (Å²) >= 11 is 0. The van der Waals surface area contributed by atoms with E-state index in [1.54, 1.807) is 0 Å². The highest BCUT2D eigenvalue weighted by atomic mass is 16.2. The van der Waals surface area contributed by atoms with E-state index in [0.717, 1.165) is 42.7 Å². The highest BCUT2D eigenvalue weighted by Gasteiger charge is 2.32. The van der Waals surface area contributed by atoms with Crippen LogP contribution in [0.4, 0.5) is 5.69 Å². The van der Waals surface area contributed by atoms with E-state index in [0.29, 0.717) is 6.42 Å². The maximum absolute atomic E-state index is 12.8. The van der Waals surface area contributed by atoms with E-state index in [2.05, 4.69) is 19.2 Å². The fourth-order valence-corrected chi connectivity index (χ4v) is 3.49. The van der Waals surface area contributed by atoms with Crippen LogP contribution in [0.3, 0.4) is 0 Å². The van der Waals surface area contributed by atoms with Gasteiger partial charge in [-0.15, -0.1) is 0 Å². The first-order valence-corrected chi connectivity index (χ1v) is 8.21. The normalized spacial score (nSPS) is 20.8. The van der Waals surface area contributed by atoms with Crippen molar-refractivity contribution in [3.8, 4) is 0 Å². The summed E-state index contributed by atoms with van der Waals surface area (Å²) in [6.45, 7) is 5.83. The van der Waals surface area contributed by atoms with E-state index in [1.807, 2.05) is 23.1 Å². The summed E-state index contributed by atoms with van der Waals surface area (Å²) in [5, 5.41) is 2.91. The molecule has 4 heteroatoms. The van der Waals surface area contributed by atoms with Crippen LogP contribution in [0, 0.1) is 0 Å². The molecule has 4 nitrogen and oxygen atoms in total. The number of hydrogen-bond donors (Lipinski definition) is 1. The van der Waals surface area contributed by atoms with Crippen LogP contribution < -0.4 is 5.32 Å². The van der Waals surface area contributed by atoms with Crippen molar-refractivity contribution in [3.05, 3.63) is 29.3 Å². The molecule has 0 spiro atoms. The van der Waals surface area contributed by atoms with Crippen molar-refractivity contribution in [2.45, 2.75) is 51.4 Å². The number of nitrogens with zero attached hydrogens (tertiary/aromatic N) is 1. The molecule has 0 atom stereocenters. The molecule has 0 unspecified atom stereocenters. The van der Waals surface area contributed by atoms with Gasteiger partial charge >= 0.3 is 0 Å². The second-order valence-electron chi connectivity index (χ2n) is 7.08. The van der Waals surface area contributed by atoms with E-state index in [9.17, 15) is 9.59 Å². The van der Waals surface area contributed by atoms with Crippen molar-refractivity contribution in [2.24, 2.45) is 0 Å². The lowest BCUT2D eigenvalue weighted by molar-refractivity contribution is -0.117. The van der Waals surface area contributed by atoms with Gasteiger partial charge in [-0.2, -0.15) is 0 Å². The maximum Gasteiger partial charge on any atom is 0.253 e. The van der Waals surface area contributed by atoms with Gasteiger partial charge in [-0.1, -0.05) is 26.7 Å². The van der Waals surface area contributed by atoms with Gasteiger partial charge in [0.1, 0.15) is 0 Å². The minimum absolute atomic E-state index is 0.0455. The molecule has 0 aromatic heterocycles. The molecule has 2 aliphatic rings. The summed E-state index contributed by atoms with van der Waals surface area (Å²) in [5.41, 5.74) is 2.42. The Morgan fingerprint density at radius 2 is 1.82 bits per heavy atom. The summed E-state index contributed by atoms with van der Waals surface area (Å²) in [5.74, 6) is 0.168. The average molecular weight is 300 g/mol. The van der Waals surface area contributed by atoms with Crippen LogP contribution in [0.1, 0.15) is 61.9 Å². The summed E-state index contributed by atoms with van der Waals surface area (Å²) in [6, 6.07) is 5.69. The number of rotatable bonds is 1. The molecule has 3 rings (SSSR count). The minimum Gasteiger partial charge on any atom is -0.339 e. The number of benzene rings is 1. The van der Waals surface area contributed by atoms with E-state index >= 15 is 0 Å². The first-order valence-electron chi connectivity index (χ1n) is 8.21. The first-order chi connectivity index (χ1) is 10.5. The van der Waals surface area contributed by atoms with Crippen LogP contribution in [0.15, 0.2) is 18.2 Å². The van der Waals surface area contributed by atoms with Gasteiger partial charge in [-0.3, -0.25) is 9.59 Å². The lowest BCUT2D eigenvalue weighted by atomic mass is 9.77. The highest BCUT2D eigenvalue weighted by Crippen LogP contribution is 2.37. The second kappa shape index (κ2) is 5.75. The molecule has 0 aliphatic carbocycles. The molecule has 2 aliphatic heterocycles. The van der Waals surface area contributed by atoms with Crippen molar-refractivity contribution in [3.63, 3.8) is 0 Å². The fraction of sp³-hybridized carbons (Fsp3) is 0.556. The molecule has 1 N–H and O–H groups in total. The Bertz CT molecular complexity index is 599. The Labute approximate surface area is 131 Å². The Kier molecular flexibility index (Phi) is 3.94. The molecule has 1 saturated heterocycles. The van der Waals surface area contributed by atoms with E-state index in [-0.39, 0.29) is 17.2 Å². The summed E-state index contributed by atoms with van der Waals surface area (Å²) in [6.07, 6.45) is 5.08. The molecule has 2 amide bonds. The molecule has 0 radical (unpaired) electrons. The van der Waals surface area contributed by atoms with Crippen LogP contribution >= 0.6 is 0 Å². The molecular formula is C18H24N2O2. The number of nitrogens with one attached hydrogen (secondary N) is 1. The topological polar surface area (TPSA) is 49.4 Å². The average Bonchev–Trinajstić information content (AvgIpc) is 2.74. The third-order valence-electron chi connectivity index (χ3n) is 4.77. The van der Waals surface area contributed by atoms with Crippen LogP contribution in [0.2, 0.25) is 0 Å². The largest absolute Gasteiger partial charge is 0.339 e. The molecule has 0 saturated carbocycles. The smallest absolute Gasteiger partial charge is 0.253 e. The Balaban J connectivity index is 1.89. The Morgan fingerprint density at radius 3 is 2.50 bits per heavy atom. The molecule has 1 aromatic rings. The van der Waals surface area contributed by atoms with Gasteiger partial charge in [0.25, 0.3) is 5.91 Å². The van der Waals surface area contributed by atoms with E-state index in [1.165, 1.54) is 12.8 Å². The molecule has 118 valence electrons. The van der Waals surface area contributed by atoms with Gasteiger partial charge in [0, 0.05) is 36.2 Å². The standard InChI is InChI=1S/C18H24N2O2/c1-18(2)12-16(21)19-15-8-7-13(11-14(15)18)17(22)20-9-5-3-4-6-10-20/h7-8,11H,3-6,9-10,12H2,1-2H3,(H,19,21). The third-order valence-corrected chi connectivity index (χ3v) is 4.77. The quantitative estimate of drug-likeness (QED) is 0.865. The highest BCUT2D eigenvalue weighted by molar-refractivity contribution is 5.99. The van der Waals surface area contributed by atoms with Crippen LogP contribution in [-0.4, -0.2) is 29.8 Å². The number of hydrogen-bond acceptors (Lipinski definition) is 2. The molecular weight excluding hydrogens is 276 g/mol. The zero-order valence-electron chi connectivity index (χ0n) is 13.4. The van der Waals surface area contributed by atoms with Crippen molar-refractivity contribution in [1.82, 2.24) is 4.90 Å². The zero-order chi connectivity index (χ0) is 15.7. The SMILES string of the molecule is CC1(C)CC(=O)Nc2ccc(C(=O)N3CCCCCC3)cc21. The molecule has 1 fully saturated rings. The third kappa shape index (κ3) is 2.87. The van der Waals surface area contributed by atoms with Crippen LogP contribution in [0.25, 0.3) is 0 Å². The molecule has 2 heterocycles. The molecule has 1 aromatic carbocycles. The number of carbonyl (C=O) groups excluding carboxylic acids is 2. The monoisotopic (exact) mass is 300 g/mol. The van der Waals surface area contributed by atoms with Gasteiger partial charge in [0.2, 0.25) is 5.91 Å². The lowest BCUT2D eigenvalue weighted by Crippen LogP contribution is -2.34. The summed E-state index contributed by atoms with van der Waals surface area (Å²) in [7, 11) is 0. The Morgan fingerprint density at radius 1 is 1.14 bits per heavy atom. The van der Waals surface area contributed by atoms with Crippen molar-refractivity contribution >= 4 is 17.5 Å². The van der Waals surface area contributed by atoms with Gasteiger partial charge in [-0.25, -0.2) is 0 Å². The lowest BCUT2D eigenvalue weighted by Gasteiger charge is -2.32.